The van der Waals surface area contributed by atoms with Crippen LogP contribution in [0.25, 0.3) is 0 Å². The summed E-state index contributed by atoms with van der Waals surface area (Å²) in [5, 5.41) is 0. The summed E-state index contributed by atoms with van der Waals surface area (Å²) in [6, 6.07) is 0. The maximum atomic E-state index is 3.57. The van der Waals surface area contributed by atoms with Crippen molar-refractivity contribution < 1.29 is 0 Å². The Labute approximate surface area is 59.1 Å². The van der Waals surface area contributed by atoms with Crippen LogP contribution in [0.2, 0.25) is 0 Å². The lowest BCUT2D eigenvalue weighted by atomic mass is 10.1. The van der Waals surface area contributed by atoms with E-state index in [2.05, 4.69) is 35.9 Å². The van der Waals surface area contributed by atoms with E-state index in [1.165, 1.54) is 12.0 Å². The monoisotopic (exact) mass is 174 g/mol. The van der Waals surface area contributed by atoms with Crippen molar-refractivity contribution in [3.8, 4) is 0 Å². The van der Waals surface area contributed by atoms with Crippen molar-refractivity contribution in [2.24, 2.45) is 5.92 Å². The van der Waals surface area contributed by atoms with Crippen LogP contribution in [0.4, 0.5) is 0 Å². The Bertz CT molecular complexity index is 116. The van der Waals surface area contributed by atoms with Crippen LogP contribution in [-0.2, 0) is 0 Å². The average Bonchev–Trinajstić information content (AvgIpc) is 1.85. The minimum absolute atomic E-state index is 0.641. The van der Waals surface area contributed by atoms with Gasteiger partial charge in [0.15, 0.2) is 0 Å². The minimum Gasteiger partial charge on any atom is -0.0842 e. The minimum atomic E-state index is 0.641. The van der Waals surface area contributed by atoms with Crippen molar-refractivity contribution in [1.82, 2.24) is 0 Å². The lowest BCUT2D eigenvalue weighted by Crippen LogP contribution is -1.99. The lowest BCUT2D eigenvalue weighted by molar-refractivity contribution is 0.645. The van der Waals surface area contributed by atoms with E-state index in [9.17, 15) is 0 Å². The van der Waals surface area contributed by atoms with Gasteiger partial charge in [0.2, 0.25) is 0 Å². The van der Waals surface area contributed by atoms with E-state index in [0.29, 0.717) is 4.83 Å². The van der Waals surface area contributed by atoms with Gasteiger partial charge in [0.1, 0.15) is 0 Å². The van der Waals surface area contributed by atoms with Crippen LogP contribution >= 0.6 is 15.9 Å². The Balaban J connectivity index is 2.56. The molecule has 0 aromatic carbocycles. The first-order valence-electron chi connectivity index (χ1n) is 3.01. The third-order valence-corrected chi connectivity index (χ3v) is 2.80. The Kier molecular flexibility index (Phi) is 1.76. The fourth-order valence-corrected chi connectivity index (χ4v) is 1.76. The fraction of sp³-hybridized carbons (Fsp3) is 0.714. The van der Waals surface area contributed by atoms with E-state index >= 15 is 0 Å². The van der Waals surface area contributed by atoms with Crippen LogP contribution in [0.1, 0.15) is 20.3 Å². The smallest absolute Gasteiger partial charge is 0.0356 e. The molecule has 0 unspecified atom stereocenters. The van der Waals surface area contributed by atoms with Gasteiger partial charge in [0.05, 0.1) is 0 Å². The van der Waals surface area contributed by atoms with E-state index in [1.54, 1.807) is 0 Å². The topological polar surface area (TPSA) is 0 Å². The van der Waals surface area contributed by atoms with Crippen molar-refractivity contribution in [2.75, 3.05) is 0 Å². The zero-order chi connectivity index (χ0) is 6.15. The number of hydrogen-bond acceptors (Lipinski definition) is 0. The largest absolute Gasteiger partial charge is 0.0842 e. The molecule has 0 heterocycles. The van der Waals surface area contributed by atoms with Crippen LogP contribution in [0.15, 0.2) is 11.6 Å². The van der Waals surface area contributed by atoms with Crippen molar-refractivity contribution in [2.45, 2.75) is 25.1 Å². The van der Waals surface area contributed by atoms with Crippen molar-refractivity contribution >= 4 is 15.9 Å². The second-order valence-electron chi connectivity index (χ2n) is 2.64. The van der Waals surface area contributed by atoms with Crippen molar-refractivity contribution in [3.05, 3.63) is 11.6 Å². The number of alkyl halides is 1. The molecule has 0 spiro atoms. The van der Waals surface area contributed by atoms with Gasteiger partial charge in [0, 0.05) is 4.83 Å². The third kappa shape index (κ3) is 1.13. The van der Waals surface area contributed by atoms with E-state index in [0.717, 1.165) is 5.92 Å². The highest BCUT2D eigenvalue weighted by Crippen LogP contribution is 2.29. The highest BCUT2D eigenvalue weighted by atomic mass is 79.9. The third-order valence-electron chi connectivity index (χ3n) is 1.63. The second-order valence-corrected chi connectivity index (χ2v) is 3.70. The Morgan fingerprint density at radius 1 is 1.75 bits per heavy atom. The SMILES string of the molecule is CC1=C[C@H](Br)[C@@H](C)C1. The van der Waals surface area contributed by atoms with Gasteiger partial charge >= 0.3 is 0 Å². The quantitative estimate of drug-likeness (QED) is 0.392. The first kappa shape index (κ1) is 6.34. The van der Waals surface area contributed by atoms with Gasteiger partial charge in [-0.05, 0) is 19.3 Å². The molecule has 46 valence electrons. The average molecular weight is 175 g/mol. The highest BCUT2D eigenvalue weighted by Gasteiger charge is 2.17. The van der Waals surface area contributed by atoms with Crippen LogP contribution in [0, 0.1) is 5.92 Å². The maximum absolute atomic E-state index is 3.57. The van der Waals surface area contributed by atoms with Gasteiger partial charge in [0.25, 0.3) is 0 Å². The molecule has 0 aromatic heterocycles. The highest BCUT2D eigenvalue weighted by molar-refractivity contribution is 9.09. The number of rotatable bonds is 0. The molecule has 0 aliphatic heterocycles. The molecule has 1 aliphatic carbocycles. The molecule has 0 aromatic rings. The zero-order valence-electron chi connectivity index (χ0n) is 5.32. The lowest BCUT2D eigenvalue weighted by Gasteiger charge is -2.03. The molecule has 1 rings (SSSR count). The number of allylic oxidation sites excluding steroid dienone is 2. The maximum Gasteiger partial charge on any atom is 0.0356 e. The summed E-state index contributed by atoms with van der Waals surface area (Å²) in [7, 11) is 0. The first-order chi connectivity index (χ1) is 3.70. The van der Waals surface area contributed by atoms with Gasteiger partial charge < -0.3 is 0 Å². The molecular formula is C7H11Br. The summed E-state index contributed by atoms with van der Waals surface area (Å²) in [5.74, 6) is 0.815. The first-order valence-corrected chi connectivity index (χ1v) is 3.93. The molecule has 0 nitrogen and oxygen atoms in total. The van der Waals surface area contributed by atoms with Crippen molar-refractivity contribution in [3.63, 3.8) is 0 Å². The summed E-state index contributed by atoms with van der Waals surface area (Å²) in [4.78, 5) is 0.641. The summed E-state index contributed by atoms with van der Waals surface area (Å²) in [6.45, 7) is 4.46. The van der Waals surface area contributed by atoms with E-state index in [4.69, 9.17) is 0 Å². The fourth-order valence-electron chi connectivity index (χ4n) is 1.12. The van der Waals surface area contributed by atoms with Gasteiger partial charge in [-0.25, -0.2) is 0 Å². The van der Waals surface area contributed by atoms with E-state index in [1.807, 2.05) is 0 Å². The Morgan fingerprint density at radius 3 is 2.50 bits per heavy atom. The molecule has 1 aliphatic rings. The Hall–Kier alpha value is 0.220. The summed E-state index contributed by atoms with van der Waals surface area (Å²) >= 11 is 3.57. The zero-order valence-corrected chi connectivity index (χ0v) is 6.90. The molecule has 2 atom stereocenters. The van der Waals surface area contributed by atoms with Crippen LogP contribution in [0.5, 0.6) is 0 Å². The van der Waals surface area contributed by atoms with Gasteiger partial charge in [-0.2, -0.15) is 0 Å². The van der Waals surface area contributed by atoms with Gasteiger partial charge in [-0.1, -0.05) is 34.5 Å². The second kappa shape index (κ2) is 2.22. The molecule has 1 heteroatoms. The van der Waals surface area contributed by atoms with E-state index < -0.39 is 0 Å². The number of halogens is 1. The number of hydrogen-bond donors (Lipinski definition) is 0. The molecule has 0 saturated carbocycles. The molecule has 0 N–H and O–H groups in total. The van der Waals surface area contributed by atoms with Gasteiger partial charge in [-0.3, -0.25) is 0 Å². The van der Waals surface area contributed by atoms with Crippen molar-refractivity contribution in [1.29, 1.82) is 0 Å². The molecule has 0 amide bonds. The summed E-state index contributed by atoms with van der Waals surface area (Å²) in [6.07, 6.45) is 3.57. The summed E-state index contributed by atoms with van der Waals surface area (Å²) in [5.41, 5.74) is 1.53. The molecule has 0 bridgehead atoms. The molecule has 0 saturated heterocycles. The van der Waals surface area contributed by atoms with Crippen LogP contribution in [-0.4, -0.2) is 4.83 Å². The molecule has 0 fully saturated rings. The van der Waals surface area contributed by atoms with E-state index in [-0.39, 0.29) is 0 Å². The Morgan fingerprint density at radius 2 is 2.38 bits per heavy atom. The van der Waals surface area contributed by atoms with Crippen LogP contribution in [0.3, 0.4) is 0 Å². The molecule has 8 heavy (non-hydrogen) atoms. The summed E-state index contributed by atoms with van der Waals surface area (Å²) < 4.78 is 0. The van der Waals surface area contributed by atoms with Gasteiger partial charge in [-0.15, -0.1) is 0 Å². The molecule has 0 radical (unpaired) electrons. The standard InChI is InChI=1S/C7H11Br/c1-5-3-6(2)7(8)4-5/h4,6-7H,3H2,1-2H3/t6-,7-/m0/s1. The predicted molar refractivity (Wildman–Crippen MR) is 40.3 cm³/mol. The van der Waals surface area contributed by atoms with Crippen LogP contribution < -0.4 is 0 Å². The molecular weight excluding hydrogens is 164 g/mol. The predicted octanol–water partition coefficient (Wildman–Crippen LogP) is 2.74. The normalized spacial score (nSPS) is 37.6.